The van der Waals surface area contributed by atoms with Crippen molar-refractivity contribution in [1.29, 1.82) is 0 Å². The fourth-order valence-corrected chi connectivity index (χ4v) is 1.94. The Morgan fingerprint density at radius 2 is 2.00 bits per heavy atom. The number of nitrogens with one attached hydrogen (secondary N) is 1. The summed E-state index contributed by atoms with van der Waals surface area (Å²) in [7, 11) is 3.89. The third kappa shape index (κ3) is 5.63. The first-order valence-corrected chi connectivity index (χ1v) is 6.73. The summed E-state index contributed by atoms with van der Waals surface area (Å²) in [5.74, 6) is 0. The van der Waals surface area contributed by atoms with E-state index in [0.29, 0.717) is 6.04 Å². The predicted octanol–water partition coefficient (Wildman–Crippen LogP) is 2.31. The molecule has 0 heterocycles. The van der Waals surface area contributed by atoms with Crippen LogP contribution in [0.3, 0.4) is 0 Å². The number of hydrogen-bond donors (Lipinski definition) is 1. The topological polar surface area (TPSA) is 24.5 Å². The second-order valence-electron chi connectivity index (χ2n) is 4.67. The molecule has 0 fully saturated rings. The highest BCUT2D eigenvalue weighted by molar-refractivity contribution is 5.19. The molecule has 1 unspecified atom stereocenters. The summed E-state index contributed by atoms with van der Waals surface area (Å²) in [6, 6.07) is 11.0. The van der Waals surface area contributed by atoms with Crippen LogP contribution in [-0.2, 0) is 4.74 Å². The third-order valence-electron chi connectivity index (χ3n) is 3.01. The summed E-state index contributed by atoms with van der Waals surface area (Å²) in [4.78, 5) is 2.31. The molecule has 0 aliphatic rings. The molecule has 0 spiro atoms. The molecule has 102 valence electrons. The number of benzene rings is 1. The molecular weight excluding hydrogens is 224 g/mol. The number of hydrogen-bond acceptors (Lipinski definition) is 3. The minimum Gasteiger partial charge on any atom is -0.383 e. The maximum Gasteiger partial charge on any atom is 0.0589 e. The van der Waals surface area contributed by atoms with Crippen molar-refractivity contribution in [2.24, 2.45) is 0 Å². The molecule has 0 saturated carbocycles. The van der Waals surface area contributed by atoms with E-state index in [4.69, 9.17) is 4.74 Å². The monoisotopic (exact) mass is 250 g/mol. The minimum atomic E-state index is 0.396. The van der Waals surface area contributed by atoms with Crippen LogP contribution in [0, 0.1) is 0 Å². The first kappa shape index (κ1) is 15.2. The van der Waals surface area contributed by atoms with Crippen molar-refractivity contribution >= 4 is 0 Å². The van der Waals surface area contributed by atoms with Gasteiger partial charge in [0.1, 0.15) is 0 Å². The molecule has 18 heavy (non-hydrogen) atoms. The molecule has 0 aliphatic heterocycles. The molecule has 1 aromatic carbocycles. The van der Waals surface area contributed by atoms with Gasteiger partial charge in [0.25, 0.3) is 0 Å². The standard InChI is InChI=1S/C15H26N2O/c1-4-10-16-15(13-17(2)11-12-18-3)14-8-6-5-7-9-14/h5-9,15-16H,4,10-13H2,1-3H3. The summed E-state index contributed by atoms with van der Waals surface area (Å²) in [5, 5.41) is 3.61. The zero-order valence-electron chi connectivity index (χ0n) is 11.9. The van der Waals surface area contributed by atoms with Crippen molar-refractivity contribution in [3.8, 4) is 0 Å². The van der Waals surface area contributed by atoms with Crippen LogP contribution >= 0.6 is 0 Å². The van der Waals surface area contributed by atoms with Crippen LogP contribution in [-0.4, -0.2) is 45.3 Å². The predicted molar refractivity (Wildman–Crippen MR) is 76.8 cm³/mol. The van der Waals surface area contributed by atoms with Gasteiger partial charge in [-0.3, -0.25) is 0 Å². The van der Waals surface area contributed by atoms with E-state index in [0.717, 1.165) is 32.7 Å². The second kappa shape index (κ2) is 9.09. The van der Waals surface area contributed by atoms with E-state index >= 15 is 0 Å². The number of rotatable bonds is 9. The van der Waals surface area contributed by atoms with Gasteiger partial charge in [0.15, 0.2) is 0 Å². The Hall–Kier alpha value is -0.900. The Morgan fingerprint density at radius 3 is 2.61 bits per heavy atom. The lowest BCUT2D eigenvalue weighted by Gasteiger charge is -2.25. The number of methoxy groups -OCH3 is 1. The molecule has 0 amide bonds. The van der Waals surface area contributed by atoms with E-state index in [1.54, 1.807) is 7.11 Å². The molecule has 3 nitrogen and oxygen atoms in total. The van der Waals surface area contributed by atoms with Gasteiger partial charge in [-0.05, 0) is 25.6 Å². The van der Waals surface area contributed by atoms with Crippen LogP contribution in [0.2, 0.25) is 0 Å². The van der Waals surface area contributed by atoms with Crippen LogP contribution in [0.5, 0.6) is 0 Å². The minimum absolute atomic E-state index is 0.396. The number of ether oxygens (including phenoxy) is 1. The normalized spacial score (nSPS) is 12.9. The van der Waals surface area contributed by atoms with E-state index in [1.165, 1.54) is 5.56 Å². The van der Waals surface area contributed by atoms with Gasteiger partial charge in [0.05, 0.1) is 6.61 Å². The maximum atomic E-state index is 5.12. The van der Waals surface area contributed by atoms with Gasteiger partial charge in [0.2, 0.25) is 0 Å². The highest BCUT2D eigenvalue weighted by Crippen LogP contribution is 2.13. The Bertz CT molecular complexity index is 303. The lowest BCUT2D eigenvalue weighted by molar-refractivity contribution is 0.155. The molecule has 0 radical (unpaired) electrons. The molecular formula is C15H26N2O. The van der Waals surface area contributed by atoms with Gasteiger partial charge in [-0.15, -0.1) is 0 Å². The van der Waals surface area contributed by atoms with Gasteiger partial charge in [-0.2, -0.15) is 0 Å². The molecule has 1 N–H and O–H groups in total. The SMILES string of the molecule is CCCNC(CN(C)CCOC)c1ccccc1. The van der Waals surface area contributed by atoms with Crippen molar-refractivity contribution in [1.82, 2.24) is 10.2 Å². The van der Waals surface area contributed by atoms with E-state index in [9.17, 15) is 0 Å². The van der Waals surface area contributed by atoms with Crippen molar-refractivity contribution < 1.29 is 4.74 Å². The molecule has 0 bridgehead atoms. The average Bonchev–Trinajstić information content (AvgIpc) is 2.42. The Kier molecular flexibility index (Phi) is 7.65. The van der Waals surface area contributed by atoms with Gasteiger partial charge in [0, 0.05) is 26.2 Å². The molecule has 1 aromatic rings. The first-order chi connectivity index (χ1) is 8.77. The quantitative estimate of drug-likeness (QED) is 0.728. The largest absolute Gasteiger partial charge is 0.383 e. The highest BCUT2D eigenvalue weighted by atomic mass is 16.5. The highest BCUT2D eigenvalue weighted by Gasteiger charge is 2.12. The van der Waals surface area contributed by atoms with Crippen molar-refractivity contribution in [2.75, 3.05) is 40.4 Å². The summed E-state index contributed by atoms with van der Waals surface area (Å²) in [6.45, 7) is 6.01. The Balaban J connectivity index is 2.55. The Labute approximate surface area is 111 Å². The molecule has 3 heteroatoms. The number of nitrogens with zero attached hydrogens (tertiary/aromatic N) is 1. The first-order valence-electron chi connectivity index (χ1n) is 6.73. The molecule has 1 atom stereocenters. The lowest BCUT2D eigenvalue weighted by atomic mass is 10.1. The second-order valence-corrected chi connectivity index (χ2v) is 4.67. The summed E-state index contributed by atoms with van der Waals surface area (Å²) >= 11 is 0. The Morgan fingerprint density at radius 1 is 1.28 bits per heavy atom. The lowest BCUT2D eigenvalue weighted by Crippen LogP contribution is -2.35. The molecule has 0 aromatic heterocycles. The zero-order chi connectivity index (χ0) is 13.2. The van der Waals surface area contributed by atoms with Gasteiger partial charge < -0.3 is 15.0 Å². The number of likely N-dealkylation sites (N-methyl/N-ethyl adjacent to an activating group) is 1. The van der Waals surface area contributed by atoms with Crippen molar-refractivity contribution in [2.45, 2.75) is 19.4 Å². The summed E-state index contributed by atoms with van der Waals surface area (Å²) < 4.78 is 5.12. The average molecular weight is 250 g/mol. The van der Waals surface area contributed by atoms with Crippen molar-refractivity contribution in [3.05, 3.63) is 35.9 Å². The van der Waals surface area contributed by atoms with Crippen LogP contribution in [0.1, 0.15) is 24.9 Å². The van der Waals surface area contributed by atoms with E-state index < -0.39 is 0 Å². The smallest absolute Gasteiger partial charge is 0.0589 e. The fraction of sp³-hybridized carbons (Fsp3) is 0.600. The van der Waals surface area contributed by atoms with E-state index in [-0.39, 0.29) is 0 Å². The van der Waals surface area contributed by atoms with Crippen LogP contribution < -0.4 is 5.32 Å². The summed E-state index contributed by atoms with van der Waals surface area (Å²) in [5.41, 5.74) is 1.36. The van der Waals surface area contributed by atoms with Gasteiger partial charge in [-0.25, -0.2) is 0 Å². The van der Waals surface area contributed by atoms with Gasteiger partial charge >= 0.3 is 0 Å². The van der Waals surface area contributed by atoms with Gasteiger partial charge in [-0.1, -0.05) is 37.3 Å². The third-order valence-corrected chi connectivity index (χ3v) is 3.01. The fourth-order valence-electron chi connectivity index (χ4n) is 1.94. The van der Waals surface area contributed by atoms with E-state index in [2.05, 4.69) is 54.5 Å². The van der Waals surface area contributed by atoms with E-state index in [1.807, 2.05) is 0 Å². The maximum absolute atomic E-state index is 5.12. The molecule has 0 aliphatic carbocycles. The summed E-state index contributed by atoms with van der Waals surface area (Å²) in [6.07, 6.45) is 1.16. The molecule has 0 saturated heterocycles. The van der Waals surface area contributed by atoms with Crippen LogP contribution in [0.15, 0.2) is 30.3 Å². The molecule has 1 rings (SSSR count). The van der Waals surface area contributed by atoms with Crippen molar-refractivity contribution in [3.63, 3.8) is 0 Å². The van der Waals surface area contributed by atoms with Crippen LogP contribution in [0.4, 0.5) is 0 Å². The zero-order valence-corrected chi connectivity index (χ0v) is 11.9. The van der Waals surface area contributed by atoms with Crippen LogP contribution in [0.25, 0.3) is 0 Å².